The lowest BCUT2D eigenvalue weighted by Crippen LogP contribution is -2.48. The molecule has 1 aliphatic rings. The Hall–Kier alpha value is -2.33. The molecule has 2 aromatic carbocycles. The quantitative estimate of drug-likeness (QED) is 0.551. The predicted octanol–water partition coefficient (Wildman–Crippen LogP) is 3.20. The summed E-state index contributed by atoms with van der Waals surface area (Å²) in [5.41, 5.74) is 3.26. The van der Waals surface area contributed by atoms with Crippen molar-refractivity contribution in [3.63, 3.8) is 0 Å². The minimum Gasteiger partial charge on any atom is -0.303 e. The maximum atomic E-state index is 12.9. The number of rotatable bonds is 5. The van der Waals surface area contributed by atoms with E-state index in [4.69, 9.17) is 17.3 Å². The summed E-state index contributed by atoms with van der Waals surface area (Å²) in [6.07, 6.45) is 0. The summed E-state index contributed by atoms with van der Waals surface area (Å²) in [5, 5.41) is 4.73. The van der Waals surface area contributed by atoms with Crippen molar-refractivity contribution >= 4 is 22.2 Å². The summed E-state index contributed by atoms with van der Waals surface area (Å²) in [5.74, 6) is 0.825. The summed E-state index contributed by atoms with van der Waals surface area (Å²) >= 11 is 5.60. The standard InChI is InChI=1S/C22H27N5O2S2/c1-17-4-8-19(9-5-17)21-23-27(22(30)24(21)3)16-25-12-14-26(15-13-25)31(28,29)20-10-6-18(2)7-11-20/h4-11H,12-16H2,1-3H3. The molecule has 2 heterocycles. The average Bonchev–Trinajstić information content (AvgIpc) is 3.03. The Bertz CT molecular complexity index is 1220. The fourth-order valence-electron chi connectivity index (χ4n) is 3.69. The van der Waals surface area contributed by atoms with Gasteiger partial charge < -0.3 is 4.57 Å². The molecule has 0 amide bonds. The van der Waals surface area contributed by atoms with E-state index in [1.807, 2.05) is 47.5 Å². The third kappa shape index (κ3) is 4.50. The molecule has 1 aromatic heterocycles. The molecule has 31 heavy (non-hydrogen) atoms. The molecule has 0 aliphatic carbocycles. The van der Waals surface area contributed by atoms with Crippen molar-refractivity contribution < 1.29 is 8.42 Å². The monoisotopic (exact) mass is 457 g/mol. The van der Waals surface area contributed by atoms with E-state index in [0.717, 1.165) is 17.0 Å². The highest BCUT2D eigenvalue weighted by atomic mass is 32.2. The molecule has 0 N–H and O–H groups in total. The third-order valence-electron chi connectivity index (χ3n) is 5.67. The van der Waals surface area contributed by atoms with E-state index in [9.17, 15) is 8.42 Å². The van der Waals surface area contributed by atoms with Gasteiger partial charge in [-0.05, 0) is 38.2 Å². The number of benzene rings is 2. The number of sulfonamides is 1. The molecule has 1 saturated heterocycles. The highest BCUT2D eigenvalue weighted by molar-refractivity contribution is 7.89. The second-order valence-electron chi connectivity index (χ2n) is 8.01. The van der Waals surface area contributed by atoms with E-state index in [0.29, 0.717) is 42.5 Å². The first-order valence-electron chi connectivity index (χ1n) is 10.3. The van der Waals surface area contributed by atoms with Gasteiger partial charge in [-0.25, -0.2) is 13.1 Å². The van der Waals surface area contributed by atoms with Crippen LogP contribution in [0.4, 0.5) is 0 Å². The number of hydrogen-bond donors (Lipinski definition) is 0. The van der Waals surface area contributed by atoms with Gasteiger partial charge in [0.25, 0.3) is 0 Å². The van der Waals surface area contributed by atoms with Crippen LogP contribution in [0, 0.1) is 18.6 Å². The summed E-state index contributed by atoms with van der Waals surface area (Å²) < 4.78 is 31.8. The highest BCUT2D eigenvalue weighted by Crippen LogP contribution is 2.20. The maximum absolute atomic E-state index is 12.9. The predicted molar refractivity (Wildman–Crippen MR) is 124 cm³/mol. The molecule has 0 spiro atoms. The Morgan fingerprint density at radius 2 is 1.45 bits per heavy atom. The SMILES string of the molecule is Cc1ccc(-c2nn(CN3CCN(S(=O)(=O)c4ccc(C)cc4)CC3)c(=S)n2C)cc1. The molecular formula is C22H27N5O2S2. The van der Waals surface area contributed by atoms with Crippen molar-refractivity contribution in [3.05, 3.63) is 64.4 Å². The molecule has 1 fully saturated rings. The van der Waals surface area contributed by atoms with E-state index in [1.165, 1.54) is 5.56 Å². The Morgan fingerprint density at radius 3 is 2.03 bits per heavy atom. The van der Waals surface area contributed by atoms with Gasteiger partial charge in [-0.15, -0.1) is 0 Å². The lowest BCUT2D eigenvalue weighted by atomic mass is 10.1. The number of nitrogens with zero attached hydrogens (tertiary/aromatic N) is 5. The van der Waals surface area contributed by atoms with Gasteiger partial charge in [-0.1, -0.05) is 47.5 Å². The maximum Gasteiger partial charge on any atom is 0.243 e. The van der Waals surface area contributed by atoms with Crippen molar-refractivity contribution in [2.75, 3.05) is 26.2 Å². The molecule has 7 nitrogen and oxygen atoms in total. The van der Waals surface area contributed by atoms with Crippen LogP contribution in [0.2, 0.25) is 0 Å². The van der Waals surface area contributed by atoms with Crippen LogP contribution in [0.3, 0.4) is 0 Å². The van der Waals surface area contributed by atoms with Gasteiger partial charge in [0.1, 0.15) is 0 Å². The lowest BCUT2D eigenvalue weighted by Gasteiger charge is -2.33. The van der Waals surface area contributed by atoms with Gasteiger partial charge in [0.2, 0.25) is 10.0 Å². The second kappa shape index (κ2) is 8.66. The van der Waals surface area contributed by atoms with E-state index >= 15 is 0 Å². The minimum absolute atomic E-state index is 0.348. The lowest BCUT2D eigenvalue weighted by molar-refractivity contribution is 0.144. The van der Waals surface area contributed by atoms with E-state index in [1.54, 1.807) is 16.4 Å². The molecule has 164 valence electrons. The molecular weight excluding hydrogens is 430 g/mol. The largest absolute Gasteiger partial charge is 0.303 e. The van der Waals surface area contributed by atoms with Crippen LogP contribution in [0.5, 0.6) is 0 Å². The molecule has 0 saturated carbocycles. The van der Waals surface area contributed by atoms with E-state index in [-0.39, 0.29) is 0 Å². The Morgan fingerprint density at radius 1 is 0.903 bits per heavy atom. The average molecular weight is 458 g/mol. The number of hydrogen-bond acceptors (Lipinski definition) is 5. The number of aromatic nitrogens is 3. The van der Waals surface area contributed by atoms with Gasteiger partial charge in [0.15, 0.2) is 10.6 Å². The van der Waals surface area contributed by atoms with Crippen LogP contribution in [-0.4, -0.2) is 58.1 Å². The zero-order valence-corrected chi connectivity index (χ0v) is 19.7. The fraction of sp³-hybridized carbons (Fsp3) is 0.364. The molecule has 0 radical (unpaired) electrons. The van der Waals surface area contributed by atoms with E-state index < -0.39 is 10.0 Å². The first-order chi connectivity index (χ1) is 14.8. The molecule has 4 rings (SSSR count). The smallest absolute Gasteiger partial charge is 0.243 e. The molecule has 0 bridgehead atoms. The zero-order valence-electron chi connectivity index (χ0n) is 18.0. The van der Waals surface area contributed by atoms with Gasteiger partial charge in [0.05, 0.1) is 11.6 Å². The second-order valence-corrected chi connectivity index (χ2v) is 10.3. The van der Waals surface area contributed by atoms with Gasteiger partial charge in [0, 0.05) is 38.8 Å². The Labute approximate surface area is 188 Å². The van der Waals surface area contributed by atoms with Crippen LogP contribution < -0.4 is 0 Å². The first kappa shape index (κ1) is 21.9. The number of piperazine rings is 1. The summed E-state index contributed by atoms with van der Waals surface area (Å²) in [4.78, 5) is 2.53. The van der Waals surface area contributed by atoms with E-state index in [2.05, 4.69) is 24.0 Å². The van der Waals surface area contributed by atoms with Crippen LogP contribution >= 0.6 is 12.2 Å². The first-order valence-corrected chi connectivity index (χ1v) is 12.1. The van der Waals surface area contributed by atoms with Crippen molar-refractivity contribution in [2.45, 2.75) is 25.4 Å². The van der Waals surface area contributed by atoms with Crippen LogP contribution in [-0.2, 0) is 23.7 Å². The van der Waals surface area contributed by atoms with Crippen molar-refractivity contribution in [2.24, 2.45) is 7.05 Å². The summed E-state index contributed by atoms with van der Waals surface area (Å²) in [6.45, 7) is 6.69. The molecule has 0 atom stereocenters. The summed E-state index contributed by atoms with van der Waals surface area (Å²) in [6, 6.07) is 15.2. The topological polar surface area (TPSA) is 63.4 Å². The summed E-state index contributed by atoms with van der Waals surface area (Å²) in [7, 11) is -1.54. The molecule has 9 heteroatoms. The Balaban J connectivity index is 1.45. The van der Waals surface area contributed by atoms with Gasteiger partial charge in [-0.2, -0.15) is 9.40 Å². The van der Waals surface area contributed by atoms with Crippen molar-refractivity contribution in [3.8, 4) is 11.4 Å². The number of aryl methyl sites for hydroxylation is 2. The normalized spacial score (nSPS) is 16.0. The van der Waals surface area contributed by atoms with Crippen LogP contribution in [0.25, 0.3) is 11.4 Å². The zero-order chi connectivity index (χ0) is 22.2. The molecule has 0 unspecified atom stereocenters. The highest BCUT2D eigenvalue weighted by Gasteiger charge is 2.28. The fourth-order valence-corrected chi connectivity index (χ4v) is 5.30. The van der Waals surface area contributed by atoms with Crippen LogP contribution in [0.1, 0.15) is 11.1 Å². The minimum atomic E-state index is -3.47. The van der Waals surface area contributed by atoms with Gasteiger partial charge >= 0.3 is 0 Å². The van der Waals surface area contributed by atoms with Crippen molar-refractivity contribution in [1.82, 2.24) is 23.6 Å². The van der Waals surface area contributed by atoms with Crippen molar-refractivity contribution in [1.29, 1.82) is 0 Å². The molecule has 3 aromatic rings. The molecule has 1 aliphatic heterocycles. The Kier molecular flexibility index (Phi) is 6.11. The van der Waals surface area contributed by atoms with Crippen LogP contribution in [0.15, 0.2) is 53.4 Å². The third-order valence-corrected chi connectivity index (χ3v) is 8.07. The van der Waals surface area contributed by atoms with Gasteiger partial charge in [-0.3, -0.25) is 4.90 Å².